The number of ether oxygens (including phenoxy) is 1. The van der Waals surface area contributed by atoms with Crippen molar-refractivity contribution < 1.29 is 4.74 Å². The Bertz CT molecular complexity index is 399. The molecule has 2 rings (SSSR count). The van der Waals surface area contributed by atoms with Crippen LogP contribution in [0.3, 0.4) is 0 Å². The number of hydrogen-bond donors (Lipinski definition) is 2. The Morgan fingerprint density at radius 3 is 2.94 bits per heavy atom. The smallest absolute Gasteiger partial charge is 0.189 e. The highest BCUT2D eigenvalue weighted by atomic mass is 16.5. The van der Waals surface area contributed by atoms with Gasteiger partial charge in [0.05, 0.1) is 13.2 Å². The van der Waals surface area contributed by atoms with Gasteiger partial charge in [0.25, 0.3) is 0 Å². The van der Waals surface area contributed by atoms with Crippen molar-refractivity contribution in [1.82, 2.24) is 5.32 Å². The monoisotopic (exact) mass is 233 g/mol. The van der Waals surface area contributed by atoms with Gasteiger partial charge in [-0.25, -0.2) is 4.99 Å². The van der Waals surface area contributed by atoms with Crippen molar-refractivity contribution in [3.63, 3.8) is 0 Å². The first-order valence-electron chi connectivity index (χ1n) is 6.06. The second-order valence-corrected chi connectivity index (χ2v) is 4.16. The number of aliphatic imine (C=N–C) groups is 1. The molecule has 0 bridgehead atoms. The molecular weight excluding hydrogens is 214 g/mol. The summed E-state index contributed by atoms with van der Waals surface area (Å²) in [6.07, 6.45) is 2.40. The van der Waals surface area contributed by atoms with Crippen molar-refractivity contribution in [1.29, 1.82) is 0 Å². The van der Waals surface area contributed by atoms with E-state index in [0.29, 0.717) is 25.2 Å². The molecule has 1 aliphatic rings. The molecule has 4 nitrogen and oxygen atoms in total. The molecule has 0 heterocycles. The van der Waals surface area contributed by atoms with Gasteiger partial charge in [0.2, 0.25) is 0 Å². The van der Waals surface area contributed by atoms with E-state index in [2.05, 4.69) is 10.3 Å². The molecular formula is C13H19N3O. The Morgan fingerprint density at radius 1 is 1.47 bits per heavy atom. The minimum Gasteiger partial charge on any atom is -0.494 e. The number of nitrogens with two attached hydrogens (primary N) is 1. The van der Waals surface area contributed by atoms with Gasteiger partial charge in [-0.05, 0) is 25.8 Å². The molecule has 1 aromatic carbocycles. The summed E-state index contributed by atoms with van der Waals surface area (Å²) in [6.45, 7) is 3.20. The molecule has 0 spiro atoms. The molecule has 4 heteroatoms. The highest BCUT2D eigenvalue weighted by Gasteiger charge is 2.21. The van der Waals surface area contributed by atoms with E-state index in [1.54, 1.807) is 0 Å². The van der Waals surface area contributed by atoms with E-state index >= 15 is 0 Å². The molecule has 0 aromatic heterocycles. The lowest BCUT2D eigenvalue weighted by atomic mass is 10.2. The normalized spacial score (nSPS) is 15.7. The summed E-state index contributed by atoms with van der Waals surface area (Å²) >= 11 is 0. The van der Waals surface area contributed by atoms with Crippen LogP contribution in [0.4, 0.5) is 0 Å². The second kappa shape index (κ2) is 5.57. The number of guanidine groups is 1. The van der Waals surface area contributed by atoms with Gasteiger partial charge >= 0.3 is 0 Å². The van der Waals surface area contributed by atoms with Crippen molar-refractivity contribution in [2.45, 2.75) is 32.4 Å². The van der Waals surface area contributed by atoms with Gasteiger partial charge in [-0.2, -0.15) is 0 Å². The van der Waals surface area contributed by atoms with Crippen LogP contribution in [0.2, 0.25) is 0 Å². The molecule has 0 radical (unpaired) electrons. The van der Waals surface area contributed by atoms with Crippen molar-refractivity contribution in [3.8, 4) is 5.75 Å². The number of para-hydroxylation sites is 1. The maximum Gasteiger partial charge on any atom is 0.189 e. The van der Waals surface area contributed by atoms with E-state index in [1.807, 2.05) is 31.2 Å². The zero-order valence-corrected chi connectivity index (χ0v) is 10.1. The Morgan fingerprint density at radius 2 is 2.24 bits per heavy atom. The van der Waals surface area contributed by atoms with Crippen molar-refractivity contribution in [2.75, 3.05) is 6.61 Å². The molecule has 3 N–H and O–H groups in total. The predicted octanol–water partition coefficient (Wildman–Crippen LogP) is 1.65. The average molecular weight is 233 g/mol. The van der Waals surface area contributed by atoms with E-state index < -0.39 is 0 Å². The van der Waals surface area contributed by atoms with Gasteiger partial charge in [-0.1, -0.05) is 18.2 Å². The number of rotatable bonds is 5. The number of benzene rings is 1. The van der Waals surface area contributed by atoms with E-state index in [-0.39, 0.29) is 0 Å². The largest absolute Gasteiger partial charge is 0.494 e. The number of hydrogen-bond acceptors (Lipinski definition) is 2. The summed E-state index contributed by atoms with van der Waals surface area (Å²) in [5.41, 5.74) is 6.85. The molecule has 0 saturated heterocycles. The quantitative estimate of drug-likeness (QED) is 0.600. The fourth-order valence-electron chi connectivity index (χ4n) is 1.58. The first kappa shape index (κ1) is 11.8. The summed E-state index contributed by atoms with van der Waals surface area (Å²) in [6, 6.07) is 8.46. The lowest BCUT2D eigenvalue weighted by molar-refractivity contribution is 0.336. The highest BCUT2D eigenvalue weighted by Crippen LogP contribution is 2.20. The van der Waals surface area contributed by atoms with Crippen LogP contribution >= 0.6 is 0 Å². The first-order valence-corrected chi connectivity index (χ1v) is 6.06. The van der Waals surface area contributed by atoms with E-state index in [9.17, 15) is 0 Å². The molecule has 0 unspecified atom stereocenters. The maximum absolute atomic E-state index is 5.78. The molecule has 0 atom stereocenters. The standard InChI is InChI=1S/C13H19N3O/c1-2-17-12-6-4-3-5-10(12)9-15-13(14)16-11-7-8-11/h3-6,11H,2,7-9H2,1H3,(H3,14,15,16). The number of nitrogens with one attached hydrogen (secondary N) is 1. The third-order valence-corrected chi connectivity index (χ3v) is 2.62. The summed E-state index contributed by atoms with van der Waals surface area (Å²) < 4.78 is 5.53. The van der Waals surface area contributed by atoms with Gasteiger partial charge in [0.1, 0.15) is 5.75 Å². The second-order valence-electron chi connectivity index (χ2n) is 4.16. The average Bonchev–Trinajstić information content (AvgIpc) is 3.12. The lowest BCUT2D eigenvalue weighted by Gasteiger charge is -2.08. The summed E-state index contributed by atoms with van der Waals surface area (Å²) in [4.78, 5) is 4.32. The first-order chi connectivity index (χ1) is 8.29. The van der Waals surface area contributed by atoms with Crippen LogP contribution in [0, 0.1) is 0 Å². The number of nitrogens with zero attached hydrogens (tertiary/aromatic N) is 1. The van der Waals surface area contributed by atoms with E-state index in [0.717, 1.165) is 11.3 Å². The Hall–Kier alpha value is -1.71. The fraction of sp³-hybridized carbons (Fsp3) is 0.462. The molecule has 1 aromatic rings. The van der Waals surface area contributed by atoms with Gasteiger partial charge in [0.15, 0.2) is 5.96 Å². The molecule has 1 fully saturated rings. The molecule has 0 aliphatic heterocycles. The van der Waals surface area contributed by atoms with Crippen LogP contribution in [0.1, 0.15) is 25.3 Å². The molecule has 1 saturated carbocycles. The molecule has 0 amide bonds. The zero-order chi connectivity index (χ0) is 12.1. The zero-order valence-electron chi connectivity index (χ0n) is 10.1. The lowest BCUT2D eigenvalue weighted by Crippen LogP contribution is -2.33. The SMILES string of the molecule is CCOc1ccccc1CN=C(N)NC1CC1. The predicted molar refractivity (Wildman–Crippen MR) is 69.1 cm³/mol. The van der Waals surface area contributed by atoms with Gasteiger partial charge in [0, 0.05) is 11.6 Å². The molecule has 17 heavy (non-hydrogen) atoms. The van der Waals surface area contributed by atoms with Crippen molar-refractivity contribution in [2.24, 2.45) is 10.7 Å². The van der Waals surface area contributed by atoms with E-state index in [1.165, 1.54) is 12.8 Å². The molecule has 92 valence electrons. The Labute approximate surface area is 102 Å². The summed E-state index contributed by atoms with van der Waals surface area (Å²) in [5, 5.41) is 3.16. The Balaban J connectivity index is 1.96. The van der Waals surface area contributed by atoms with Crippen LogP contribution in [0.15, 0.2) is 29.3 Å². The van der Waals surface area contributed by atoms with Gasteiger partial charge in [-0.3, -0.25) is 0 Å². The van der Waals surface area contributed by atoms with Crippen molar-refractivity contribution >= 4 is 5.96 Å². The fourth-order valence-corrected chi connectivity index (χ4v) is 1.58. The van der Waals surface area contributed by atoms with Gasteiger partial charge in [-0.15, -0.1) is 0 Å². The van der Waals surface area contributed by atoms with Crippen molar-refractivity contribution in [3.05, 3.63) is 29.8 Å². The highest BCUT2D eigenvalue weighted by molar-refractivity contribution is 5.78. The topological polar surface area (TPSA) is 59.6 Å². The molecule has 1 aliphatic carbocycles. The minimum atomic E-state index is 0.527. The van der Waals surface area contributed by atoms with Crippen LogP contribution < -0.4 is 15.8 Å². The summed E-state index contributed by atoms with van der Waals surface area (Å²) in [5.74, 6) is 1.41. The minimum absolute atomic E-state index is 0.527. The van der Waals surface area contributed by atoms with Crippen LogP contribution in [-0.2, 0) is 6.54 Å². The third-order valence-electron chi connectivity index (χ3n) is 2.62. The summed E-state index contributed by atoms with van der Waals surface area (Å²) in [7, 11) is 0. The van der Waals surface area contributed by atoms with Crippen LogP contribution in [0.25, 0.3) is 0 Å². The third kappa shape index (κ3) is 3.66. The van der Waals surface area contributed by atoms with Crippen LogP contribution in [-0.4, -0.2) is 18.6 Å². The maximum atomic E-state index is 5.78. The van der Waals surface area contributed by atoms with Crippen LogP contribution in [0.5, 0.6) is 5.75 Å². The Kier molecular flexibility index (Phi) is 3.85. The van der Waals surface area contributed by atoms with E-state index in [4.69, 9.17) is 10.5 Å². The van der Waals surface area contributed by atoms with Gasteiger partial charge < -0.3 is 15.8 Å².